The molecule has 0 radical (unpaired) electrons. The summed E-state index contributed by atoms with van der Waals surface area (Å²) in [7, 11) is 1.60. The molecule has 2 amide bonds. The van der Waals surface area contributed by atoms with Gasteiger partial charge in [-0.1, -0.05) is 39.8 Å². The number of hydrogen-bond donors (Lipinski definition) is 2. The second kappa shape index (κ2) is 10.5. The third-order valence-electron chi connectivity index (χ3n) is 5.39. The van der Waals surface area contributed by atoms with Crippen molar-refractivity contribution in [3.63, 3.8) is 0 Å². The normalized spacial score (nSPS) is 11.1. The number of carbonyl (C=O) groups excluding carboxylic acids is 2. The maximum Gasteiger partial charge on any atom is 0.307 e. The molecule has 2 rings (SSSR count). The molecule has 0 unspecified atom stereocenters. The third-order valence-corrected chi connectivity index (χ3v) is 5.39. The number of hydrogen-bond acceptors (Lipinski definition) is 4. The summed E-state index contributed by atoms with van der Waals surface area (Å²) in [6.07, 6.45) is 0.108. The van der Waals surface area contributed by atoms with Crippen molar-refractivity contribution in [3.05, 3.63) is 52.6 Å². The molecular formula is C26H34N2O5. The largest absolute Gasteiger partial charge is 0.496 e. The number of amides is 2. The number of carbonyl (C=O) groups is 3. The highest BCUT2D eigenvalue weighted by atomic mass is 16.5. The molecule has 0 atom stereocenters. The van der Waals surface area contributed by atoms with Crippen LogP contribution in [-0.4, -0.2) is 36.5 Å². The van der Waals surface area contributed by atoms with Gasteiger partial charge in [0.05, 0.1) is 13.5 Å². The van der Waals surface area contributed by atoms with Crippen molar-refractivity contribution in [2.75, 3.05) is 23.9 Å². The molecule has 0 heterocycles. The Kier molecular flexibility index (Phi) is 8.25. The summed E-state index contributed by atoms with van der Waals surface area (Å²) in [5.41, 5.74) is 4.13. The zero-order valence-corrected chi connectivity index (χ0v) is 20.5. The van der Waals surface area contributed by atoms with Gasteiger partial charge >= 0.3 is 5.97 Å². The van der Waals surface area contributed by atoms with Crippen LogP contribution in [-0.2, 0) is 26.2 Å². The number of benzene rings is 2. The maximum atomic E-state index is 13.1. The van der Waals surface area contributed by atoms with E-state index < -0.39 is 5.97 Å². The molecule has 178 valence electrons. The smallest absolute Gasteiger partial charge is 0.307 e. The Labute approximate surface area is 195 Å². The monoisotopic (exact) mass is 454 g/mol. The van der Waals surface area contributed by atoms with Crippen LogP contribution < -0.4 is 15.0 Å². The molecule has 33 heavy (non-hydrogen) atoms. The van der Waals surface area contributed by atoms with Gasteiger partial charge in [-0.05, 0) is 59.7 Å². The number of aryl methyl sites for hydroxylation is 2. The summed E-state index contributed by atoms with van der Waals surface area (Å²) in [5, 5.41) is 12.1. The van der Waals surface area contributed by atoms with Crippen LogP contribution in [0.2, 0.25) is 0 Å². The molecule has 0 bridgehead atoms. The van der Waals surface area contributed by atoms with Crippen molar-refractivity contribution in [2.24, 2.45) is 0 Å². The molecular weight excluding hydrogens is 420 g/mol. The molecule has 7 nitrogen and oxygen atoms in total. The van der Waals surface area contributed by atoms with Crippen LogP contribution in [0.5, 0.6) is 5.75 Å². The predicted molar refractivity (Wildman–Crippen MR) is 130 cm³/mol. The van der Waals surface area contributed by atoms with Crippen LogP contribution in [0.4, 0.5) is 11.4 Å². The zero-order valence-electron chi connectivity index (χ0n) is 20.5. The average molecular weight is 455 g/mol. The van der Waals surface area contributed by atoms with Crippen molar-refractivity contribution in [1.82, 2.24) is 0 Å². The van der Waals surface area contributed by atoms with Gasteiger partial charge in [-0.25, -0.2) is 0 Å². The lowest BCUT2D eigenvalue weighted by atomic mass is 9.85. The number of carboxylic acids is 1. The van der Waals surface area contributed by atoms with E-state index >= 15 is 0 Å². The molecule has 0 aromatic heterocycles. The first-order chi connectivity index (χ1) is 15.4. The van der Waals surface area contributed by atoms with Crippen LogP contribution >= 0.6 is 0 Å². The zero-order chi connectivity index (χ0) is 24.9. The Bertz CT molecular complexity index is 1030. The Balaban J connectivity index is 2.38. The predicted octanol–water partition coefficient (Wildman–Crippen LogP) is 4.62. The fourth-order valence-electron chi connectivity index (χ4n) is 3.89. The minimum absolute atomic E-state index is 0.141. The highest BCUT2D eigenvalue weighted by Gasteiger charge is 2.23. The minimum atomic E-state index is -0.944. The van der Waals surface area contributed by atoms with Crippen molar-refractivity contribution in [1.29, 1.82) is 0 Å². The first-order valence-corrected chi connectivity index (χ1v) is 11.0. The molecule has 0 aliphatic carbocycles. The summed E-state index contributed by atoms with van der Waals surface area (Å²) in [6.45, 7) is 11.4. The van der Waals surface area contributed by atoms with Gasteiger partial charge < -0.3 is 20.1 Å². The second-order valence-electron chi connectivity index (χ2n) is 9.19. The van der Waals surface area contributed by atoms with E-state index in [9.17, 15) is 14.4 Å². The molecule has 2 aromatic carbocycles. The van der Waals surface area contributed by atoms with Crippen LogP contribution in [0, 0.1) is 13.8 Å². The topological polar surface area (TPSA) is 95.9 Å². The molecule has 2 aromatic rings. The molecule has 0 aliphatic heterocycles. The number of rotatable bonds is 8. The summed E-state index contributed by atoms with van der Waals surface area (Å²) >= 11 is 0. The third kappa shape index (κ3) is 6.57. The molecule has 0 aliphatic rings. The van der Waals surface area contributed by atoms with Gasteiger partial charge in [0.25, 0.3) is 0 Å². The number of ether oxygens (including phenoxy) is 1. The van der Waals surface area contributed by atoms with E-state index in [1.807, 2.05) is 52.8 Å². The molecule has 0 saturated heterocycles. The quantitative estimate of drug-likeness (QED) is 0.607. The Hall–Kier alpha value is -3.35. The van der Waals surface area contributed by atoms with Crippen LogP contribution in [0.15, 0.2) is 30.3 Å². The van der Waals surface area contributed by atoms with E-state index in [1.54, 1.807) is 26.2 Å². The van der Waals surface area contributed by atoms with E-state index in [4.69, 9.17) is 9.84 Å². The number of anilines is 2. The lowest BCUT2D eigenvalue weighted by Gasteiger charge is -2.26. The van der Waals surface area contributed by atoms with Crippen molar-refractivity contribution in [2.45, 2.75) is 59.8 Å². The van der Waals surface area contributed by atoms with Gasteiger partial charge in [0.15, 0.2) is 0 Å². The molecule has 0 fully saturated rings. The minimum Gasteiger partial charge on any atom is -0.496 e. The van der Waals surface area contributed by atoms with Gasteiger partial charge in [-0.2, -0.15) is 0 Å². The van der Waals surface area contributed by atoms with Gasteiger partial charge in [0.1, 0.15) is 12.3 Å². The van der Waals surface area contributed by atoms with E-state index in [0.717, 1.165) is 22.4 Å². The van der Waals surface area contributed by atoms with Gasteiger partial charge in [0.2, 0.25) is 11.8 Å². The first-order valence-electron chi connectivity index (χ1n) is 11.0. The number of methoxy groups -OCH3 is 1. The lowest BCUT2D eigenvalue weighted by Crippen LogP contribution is -2.38. The van der Waals surface area contributed by atoms with E-state index in [-0.39, 0.29) is 36.6 Å². The highest BCUT2D eigenvalue weighted by molar-refractivity contribution is 6.03. The number of carboxylic acid groups (broad SMARTS) is 1. The van der Waals surface area contributed by atoms with Crippen molar-refractivity contribution in [3.8, 4) is 5.75 Å². The van der Waals surface area contributed by atoms with Crippen LogP contribution in [0.3, 0.4) is 0 Å². The maximum absolute atomic E-state index is 13.1. The Morgan fingerprint density at radius 1 is 1.06 bits per heavy atom. The van der Waals surface area contributed by atoms with Gasteiger partial charge in [-0.15, -0.1) is 0 Å². The molecule has 7 heteroatoms. The van der Waals surface area contributed by atoms with Gasteiger partial charge in [0, 0.05) is 17.8 Å². The Morgan fingerprint density at radius 2 is 1.67 bits per heavy atom. The van der Waals surface area contributed by atoms with Crippen LogP contribution in [0.1, 0.15) is 56.4 Å². The second-order valence-corrected chi connectivity index (χ2v) is 9.19. The summed E-state index contributed by atoms with van der Waals surface area (Å²) < 4.78 is 5.42. The summed E-state index contributed by atoms with van der Waals surface area (Å²) in [5.74, 6) is -0.733. The standard InChI is InChI=1S/C26H34N2O5/c1-8-23(30)28(19-11-16(2)25(33-7)17(3)12-19)15-22(29)27-21-13-18(14-24(31)32)9-10-20(21)26(4,5)6/h9-13H,8,14-15H2,1-7H3,(H,27,29)(H,31,32). The highest BCUT2D eigenvalue weighted by Crippen LogP contribution is 2.32. The lowest BCUT2D eigenvalue weighted by molar-refractivity contribution is -0.136. The summed E-state index contributed by atoms with van der Waals surface area (Å²) in [4.78, 5) is 38.4. The van der Waals surface area contributed by atoms with E-state index in [0.29, 0.717) is 16.9 Å². The average Bonchev–Trinajstić information content (AvgIpc) is 2.70. The van der Waals surface area contributed by atoms with E-state index in [2.05, 4.69) is 5.32 Å². The Morgan fingerprint density at radius 3 is 2.15 bits per heavy atom. The van der Waals surface area contributed by atoms with Crippen molar-refractivity contribution >= 4 is 29.2 Å². The SMILES string of the molecule is CCC(=O)N(CC(=O)Nc1cc(CC(=O)O)ccc1C(C)(C)C)c1cc(C)c(OC)c(C)c1. The number of aliphatic carboxylic acids is 1. The summed E-state index contributed by atoms with van der Waals surface area (Å²) in [6, 6.07) is 8.97. The van der Waals surface area contributed by atoms with Gasteiger partial charge in [-0.3, -0.25) is 14.4 Å². The number of nitrogens with zero attached hydrogens (tertiary/aromatic N) is 1. The van der Waals surface area contributed by atoms with Crippen molar-refractivity contribution < 1.29 is 24.2 Å². The molecule has 0 saturated carbocycles. The first kappa shape index (κ1) is 25.9. The van der Waals surface area contributed by atoms with Crippen LogP contribution in [0.25, 0.3) is 0 Å². The number of nitrogens with one attached hydrogen (secondary N) is 1. The molecule has 0 spiro atoms. The van der Waals surface area contributed by atoms with E-state index in [1.165, 1.54) is 4.90 Å². The fraction of sp³-hybridized carbons (Fsp3) is 0.423. The molecule has 2 N–H and O–H groups in total. The fourth-order valence-corrected chi connectivity index (χ4v) is 3.89.